The first kappa shape index (κ1) is 25.3. The van der Waals surface area contributed by atoms with E-state index in [4.69, 9.17) is 9.47 Å². The van der Waals surface area contributed by atoms with E-state index in [1.54, 1.807) is 45.0 Å². The molecule has 0 saturated carbocycles. The summed E-state index contributed by atoms with van der Waals surface area (Å²) in [5.41, 5.74) is 2.61. The van der Waals surface area contributed by atoms with Crippen LogP contribution in [0.3, 0.4) is 0 Å². The molecule has 0 aliphatic rings. The number of benzene rings is 2. The average Bonchev–Trinajstić information content (AvgIpc) is 2.77. The van der Waals surface area contributed by atoms with Crippen molar-refractivity contribution in [3.8, 4) is 11.5 Å². The third-order valence-electron chi connectivity index (χ3n) is 5.05. The summed E-state index contributed by atoms with van der Waals surface area (Å²) in [6.07, 6.45) is 1.30. The SMILES string of the molecule is C=C(C)C(=O)NC=C(C)C(=O)Oc1ccc(C(C)(C)c2ccc(OC(=O)C(=C)C)cc2)cc1. The van der Waals surface area contributed by atoms with Crippen LogP contribution in [0.25, 0.3) is 0 Å². The van der Waals surface area contributed by atoms with Gasteiger partial charge in [-0.15, -0.1) is 0 Å². The highest BCUT2D eigenvalue weighted by molar-refractivity contribution is 5.94. The molecule has 0 fully saturated rings. The van der Waals surface area contributed by atoms with Crippen LogP contribution in [0.5, 0.6) is 11.5 Å². The van der Waals surface area contributed by atoms with E-state index in [1.807, 2.05) is 24.3 Å². The molecule has 0 radical (unpaired) electrons. The largest absolute Gasteiger partial charge is 0.423 e. The van der Waals surface area contributed by atoms with Gasteiger partial charge in [0.2, 0.25) is 5.91 Å². The summed E-state index contributed by atoms with van der Waals surface area (Å²) in [6.45, 7) is 16.0. The third kappa shape index (κ3) is 6.77. The first-order valence-electron chi connectivity index (χ1n) is 10.4. The standard InChI is InChI=1S/C27H29NO5/c1-17(2)24(29)28-16-19(5)26(31)33-23-14-10-21(11-15-23)27(6,7)20-8-12-22(13-9-20)32-25(30)18(3)4/h8-16H,1,3H2,2,4-7H3,(H,28,29). The topological polar surface area (TPSA) is 81.7 Å². The summed E-state index contributed by atoms with van der Waals surface area (Å²) in [6, 6.07) is 14.5. The van der Waals surface area contributed by atoms with Crippen LogP contribution in [0.15, 0.2) is 84.6 Å². The maximum Gasteiger partial charge on any atom is 0.340 e. The van der Waals surface area contributed by atoms with Gasteiger partial charge < -0.3 is 14.8 Å². The van der Waals surface area contributed by atoms with E-state index in [1.165, 1.54) is 6.20 Å². The second kappa shape index (κ2) is 10.6. The van der Waals surface area contributed by atoms with Crippen molar-refractivity contribution in [1.82, 2.24) is 5.32 Å². The zero-order valence-corrected chi connectivity index (χ0v) is 19.7. The second-order valence-electron chi connectivity index (χ2n) is 8.31. The van der Waals surface area contributed by atoms with Crippen molar-refractivity contribution in [2.45, 2.75) is 40.0 Å². The van der Waals surface area contributed by atoms with Crippen LogP contribution in [0.1, 0.15) is 45.7 Å². The van der Waals surface area contributed by atoms with E-state index < -0.39 is 11.9 Å². The lowest BCUT2D eigenvalue weighted by Crippen LogP contribution is -2.20. The highest BCUT2D eigenvalue weighted by Crippen LogP contribution is 2.33. The number of hydrogen-bond donors (Lipinski definition) is 1. The van der Waals surface area contributed by atoms with Crippen LogP contribution >= 0.6 is 0 Å². The number of rotatable bonds is 8. The summed E-state index contributed by atoms with van der Waals surface area (Å²) in [7, 11) is 0. The molecule has 172 valence electrons. The Morgan fingerprint density at radius 1 is 0.758 bits per heavy atom. The number of hydrogen-bond acceptors (Lipinski definition) is 5. The molecule has 0 aliphatic heterocycles. The highest BCUT2D eigenvalue weighted by Gasteiger charge is 2.23. The fourth-order valence-electron chi connectivity index (χ4n) is 2.78. The Balaban J connectivity index is 2.08. The maximum atomic E-state index is 12.2. The van der Waals surface area contributed by atoms with Crippen LogP contribution in [-0.2, 0) is 19.8 Å². The smallest absolute Gasteiger partial charge is 0.340 e. The maximum absolute atomic E-state index is 12.2. The van der Waals surface area contributed by atoms with Gasteiger partial charge in [0.05, 0.1) is 5.57 Å². The van der Waals surface area contributed by atoms with Crippen LogP contribution in [-0.4, -0.2) is 17.8 Å². The Morgan fingerprint density at radius 3 is 1.58 bits per heavy atom. The fraction of sp³-hybridized carbons (Fsp3) is 0.222. The predicted molar refractivity (Wildman–Crippen MR) is 128 cm³/mol. The molecule has 6 heteroatoms. The van der Waals surface area contributed by atoms with E-state index in [0.717, 1.165) is 11.1 Å². The van der Waals surface area contributed by atoms with Gasteiger partial charge >= 0.3 is 11.9 Å². The predicted octanol–water partition coefficient (Wildman–Crippen LogP) is 5.00. The Labute approximate surface area is 194 Å². The number of ether oxygens (including phenoxy) is 2. The summed E-state index contributed by atoms with van der Waals surface area (Å²) in [5, 5.41) is 2.48. The molecule has 0 spiro atoms. The molecule has 0 atom stereocenters. The lowest BCUT2D eigenvalue weighted by atomic mass is 9.78. The minimum atomic E-state index is -0.566. The summed E-state index contributed by atoms with van der Waals surface area (Å²) in [5.74, 6) is -0.552. The molecule has 33 heavy (non-hydrogen) atoms. The monoisotopic (exact) mass is 447 g/mol. The number of carbonyl (C=O) groups excluding carboxylic acids is 3. The molecule has 2 rings (SSSR count). The molecule has 2 aromatic rings. The van der Waals surface area contributed by atoms with Gasteiger partial charge in [-0.1, -0.05) is 51.3 Å². The van der Waals surface area contributed by atoms with Crippen LogP contribution in [0.2, 0.25) is 0 Å². The van der Waals surface area contributed by atoms with Crippen LogP contribution < -0.4 is 14.8 Å². The normalized spacial score (nSPS) is 11.4. The first-order valence-corrected chi connectivity index (χ1v) is 10.4. The van der Waals surface area contributed by atoms with Gasteiger partial charge in [0.15, 0.2) is 0 Å². The van der Waals surface area contributed by atoms with Crippen molar-refractivity contribution >= 4 is 17.8 Å². The molecule has 0 saturated heterocycles. The van der Waals surface area contributed by atoms with Gasteiger partial charge in [-0.25, -0.2) is 9.59 Å². The molecule has 0 unspecified atom stereocenters. The van der Waals surface area contributed by atoms with Crippen molar-refractivity contribution in [3.63, 3.8) is 0 Å². The van der Waals surface area contributed by atoms with Crippen molar-refractivity contribution in [2.24, 2.45) is 0 Å². The van der Waals surface area contributed by atoms with E-state index in [9.17, 15) is 14.4 Å². The van der Waals surface area contributed by atoms with Crippen molar-refractivity contribution in [3.05, 3.63) is 95.7 Å². The number of carbonyl (C=O) groups is 3. The van der Waals surface area contributed by atoms with Crippen molar-refractivity contribution in [1.29, 1.82) is 0 Å². The van der Waals surface area contributed by atoms with Gasteiger partial charge in [-0.05, 0) is 56.2 Å². The van der Waals surface area contributed by atoms with Crippen LogP contribution in [0.4, 0.5) is 0 Å². The summed E-state index contributed by atoms with van der Waals surface area (Å²) >= 11 is 0. The minimum Gasteiger partial charge on any atom is -0.423 e. The van der Waals surface area contributed by atoms with Gasteiger partial charge in [0, 0.05) is 22.8 Å². The number of esters is 2. The average molecular weight is 448 g/mol. The van der Waals surface area contributed by atoms with Crippen molar-refractivity contribution < 1.29 is 23.9 Å². The molecule has 1 amide bonds. The van der Waals surface area contributed by atoms with Crippen molar-refractivity contribution in [2.75, 3.05) is 0 Å². The van der Waals surface area contributed by atoms with Crippen LogP contribution in [0, 0.1) is 0 Å². The van der Waals surface area contributed by atoms with Gasteiger partial charge in [-0.3, -0.25) is 4.79 Å². The molecule has 1 N–H and O–H groups in total. The van der Waals surface area contributed by atoms with Gasteiger partial charge in [0.1, 0.15) is 11.5 Å². The highest BCUT2D eigenvalue weighted by atomic mass is 16.5. The third-order valence-corrected chi connectivity index (χ3v) is 5.05. The van der Waals surface area contributed by atoms with Gasteiger partial charge in [-0.2, -0.15) is 0 Å². The first-order chi connectivity index (χ1) is 15.4. The van der Waals surface area contributed by atoms with E-state index >= 15 is 0 Å². The lowest BCUT2D eigenvalue weighted by Gasteiger charge is -2.26. The van der Waals surface area contributed by atoms with E-state index in [2.05, 4.69) is 32.3 Å². The summed E-state index contributed by atoms with van der Waals surface area (Å²) in [4.78, 5) is 35.5. The Morgan fingerprint density at radius 2 is 1.18 bits per heavy atom. The lowest BCUT2D eigenvalue weighted by molar-refractivity contribution is -0.131. The molecule has 6 nitrogen and oxygen atoms in total. The van der Waals surface area contributed by atoms with E-state index in [0.29, 0.717) is 22.6 Å². The minimum absolute atomic E-state index is 0.251. The molecular formula is C27H29NO5. The molecule has 0 heterocycles. The molecular weight excluding hydrogens is 418 g/mol. The zero-order valence-electron chi connectivity index (χ0n) is 19.7. The Bertz CT molecular complexity index is 1110. The Hall–Kier alpha value is -3.93. The molecule has 2 aromatic carbocycles. The molecule has 0 bridgehead atoms. The molecule has 0 aliphatic carbocycles. The quantitative estimate of drug-likeness (QED) is 0.350. The zero-order chi connectivity index (χ0) is 24.8. The fourth-order valence-corrected chi connectivity index (χ4v) is 2.78. The van der Waals surface area contributed by atoms with E-state index in [-0.39, 0.29) is 16.9 Å². The molecule has 0 aromatic heterocycles. The summed E-state index contributed by atoms with van der Waals surface area (Å²) < 4.78 is 10.6. The number of nitrogens with one attached hydrogen (secondary N) is 1. The Kier molecular flexibility index (Phi) is 8.13. The van der Waals surface area contributed by atoms with Gasteiger partial charge in [0.25, 0.3) is 0 Å². The number of amides is 1. The second-order valence-corrected chi connectivity index (χ2v) is 8.31.